The molecular weight excluding hydrogens is 486 g/mol. The Labute approximate surface area is 139 Å². The van der Waals surface area contributed by atoms with Crippen LogP contribution in [0.4, 0.5) is 0 Å². The lowest BCUT2D eigenvalue weighted by Gasteiger charge is -2.12. The fourth-order valence-corrected chi connectivity index (χ4v) is 7.44. The summed E-state index contributed by atoms with van der Waals surface area (Å²) >= 11 is 4.94. The van der Waals surface area contributed by atoms with Gasteiger partial charge in [0.2, 0.25) is 0 Å². The number of rotatable bonds is 0. The van der Waals surface area contributed by atoms with Crippen LogP contribution in [0.25, 0.3) is 31.6 Å². The molecule has 1 aromatic heterocycles. The maximum Gasteiger partial charge on any atom is 0.0849 e. The van der Waals surface area contributed by atoms with E-state index in [2.05, 4.69) is 81.6 Å². The Bertz CT molecular complexity index is 902. The molecule has 3 aromatic carbocycles. The molecule has 1 heterocycles. The molecule has 0 aliphatic heterocycles. The lowest BCUT2D eigenvalue weighted by molar-refractivity contribution is 1.79. The summed E-state index contributed by atoms with van der Waals surface area (Å²) in [5, 5.41) is 7.00. The predicted molar refractivity (Wildman–Crippen MR) is 100 cm³/mol. The number of halogens is 2. The number of hydrogen-bond acceptors (Lipinski definition) is 2. The van der Waals surface area contributed by atoms with Crippen molar-refractivity contribution in [1.82, 2.24) is 0 Å². The van der Waals surface area contributed by atoms with Crippen LogP contribution < -0.4 is 0 Å². The van der Waals surface area contributed by atoms with E-state index in [1.807, 2.05) is 20.7 Å². The molecule has 4 aromatic rings. The van der Waals surface area contributed by atoms with Crippen LogP contribution in [-0.4, -0.2) is 0 Å². The Balaban J connectivity index is 2.50. The van der Waals surface area contributed by atoms with Gasteiger partial charge in [-0.15, -0.1) is 0 Å². The molecule has 0 saturated carbocycles. The number of hydrogen-bond donors (Lipinski definition) is 0. The third-order valence-electron chi connectivity index (χ3n) is 3.21. The first-order valence-corrected chi connectivity index (χ1v) is 9.74. The summed E-state index contributed by atoms with van der Waals surface area (Å²) in [4.78, 5) is 0. The van der Waals surface area contributed by atoms with E-state index in [1.54, 1.807) is 0 Å². The molecule has 0 nitrogen and oxygen atoms in total. The Morgan fingerprint density at radius 2 is 1.61 bits per heavy atom. The van der Waals surface area contributed by atoms with Crippen LogP contribution >= 0.6 is 65.9 Å². The molecule has 4 rings (SSSR count). The zero-order chi connectivity index (χ0) is 12.3. The van der Waals surface area contributed by atoms with Crippen LogP contribution in [0.5, 0.6) is 0 Å². The van der Waals surface area contributed by atoms with Crippen molar-refractivity contribution >= 4 is 97.5 Å². The summed E-state index contributed by atoms with van der Waals surface area (Å²) in [5.41, 5.74) is 0. The van der Waals surface area contributed by atoms with Crippen molar-refractivity contribution in [2.75, 3.05) is 0 Å². The van der Waals surface area contributed by atoms with E-state index in [9.17, 15) is 0 Å². The third-order valence-corrected chi connectivity index (χ3v) is 8.40. The zero-order valence-corrected chi connectivity index (χ0v) is 15.0. The molecule has 0 amide bonds. The summed E-state index contributed by atoms with van der Waals surface area (Å²) in [7, 11) is 3.75. The molecule has 0 spiro atoms. The first-order valence-electron chi connectivity index (χ1n) is 5.43. The van der Waals surface area contributed by atoms with E-state index in [-0.39, 0.29) is 0 Å². The van der Waals surface area contributed by atoms with E-state index in [4.69, 9.17) is 0 Å². The molecular formula is C14H6I2S2. The molecule has 0 fully saturated rings. The van der Waals surface area contributed by atoms with Crippen LogP contribution in [0, 0.1) is 6.45 Å². The van der Waals surface area contributed by atoms with Gasteiger partial charge in [0, 0.05) is 19.0 Å². The first kappa shape index (κ1) is 11.9. The molecule has 4 heteroatoms. The summed E-state index contributed by atoms with van der Waals surface area (Å²) in [6.07, 6.45) is 0. The minimum atomic E-state index is 1.35. The second-order valence-electron chi connectivity index (χ2n) is 4.19. The SMILES string of the molecule is Ic1cc2cccc3ccc4ssc(I)c1c4c32. The van der Waals surface area contributed by atoms with Gasteiger partial charge >= 0.3 is 0 Å². The Hall–Kier alpha value is 0.0800. The maximum absolute atomic E-state index is 2.47. The monoisotopic (exact) mass is 492 g/mol. The van der Waals surface area contributed by atoms with Crippen molar-refractivity contribution in [1.29, 1.82) is 0 Å². The van der Waals surface area contributed by atoms with Gasteiger partial charge in [-0.1, -0.05) is 44.9 Å². The van der Waals surface area contributed by atoms with E-state index in [0.717, 1.165) is 0 Å². The van der Waals surface area contributed by atoms with Crippen molar-refractivity contribution < 1.29 is 0 Å². The average Bonchev–Trinajstić information content (AvgIpc) is 2.38. The van der Waals surface area contributed by atoms with Crippen LogP contribution in [0.3, 0.4) is 0 Å². The molecule has 88 valence electrons. The third kappa shape index (κ3) is 1.58. The molecule has 0 N–H and O–H groups in total. The zero-order valence-electron chi connectivity index (χ0n) is 9.04. The van der Waals surface area contributed by atoms with E-state index >= 15 is 0 Å². The lowest BCUT2D eigenvalue weighted by atomic mass is 9.99. The van der Waals surface area contributed by atoms with Crippen LogP contribution in [-0.2, 0) is 0 Å². The molecule has 0 atom stereocenters. The Morgan fingerprint density at radius 3 is 2.50 bits per heavy atom. The highest BCUT2D eigenvalue weighted by molar-refractivity contribution is 14.1. The van der Waals surface area contributed by atoms with Crippen LogP contribution in [0.15, 0.2) is 36.4 Å². The topological polar surface area (TPSA) is 0 Å². The van der Waals surface area contributed by atoms with Gasteiger partial charge in [0.1, 0.15) is 0 Å². The highest BCUT2D eigenvalue weighted by Crippen LogP contribution is 2.42. The van der Waals surface area contributed by atoms with Crippen molar-refractivity contribution in [2.45, 2.75) is 0 Å². The van der Waals surface area contributed by atoms with E-state index < -0.39 is 0 Å². The summed E-state index contributed by atoms with van der Waals surface area (Å²) in [5.74, 6) is 0. The molecule has 0 bridgehead atoms. The Kier molecular flexibility index (Phi) is 2.83. The number of benzene rings is 3. The van der Waals surface area contributed by atoms with Gasteiger partial charge in [0.15, 0.2) is 0 Å². The molecule has 0 saturated heterocycles. The standard InChI is InChI=1S/C14H6I2S2/c15-9-6-8-3-1-2-7-4-5-10-13(11(7)8)12(9)14(16)18-17-10/h1-6H. The van der Waals surface area contributed by atoms with Crippen LogP contribution in [0.1, 0.15) is 0 Å². The smallest absolute Gasteiger partial charge is 0.0789 e. The van der Waals surface area contributed by atoms with Crippen molar-refractivity contribution in [3.8, 4) is 0 Å². The summed E-state index contributed by atoms with van der Waals surface area (Å²) in [6.45, 7) is 0. The predicted octanol–water partition coefficient (Wildman–Crippen LogP) is 6.48. The molecule has 0 aliphatic carbocycles. The Morgan fingerprint density at radius 1 is 0.778 bits per heavy atom. The summed E-state index contributed by atoms with van der Waals surface area (Å²) < 4.78 is 4.16. The van der Waals surface area contributed by atoms with E-state index in [1.165, 1.54) is 38.1 Å². The fourth-order valence-electron chi connectivity index (χ4n) is 2.47. The minimum Gasteiger partial charge on any atom is -0.0789 e. The second-order valence-corrected chi connectivity index (χ2v) is 9.35. The van der Waals surface area contributed by atoms with Gasteiger partial charge in [-0.3, -0.25) is 0 Å². The normalized spacial score (nSPS) is 11.9. The molecule has 18 heavy (non-hydrogen) atoms. The largest absolute Gasteiger partial charge is 0.0849 e. The van der Waals surface area contributed by atoms with Gasteiger partial charge in [-0.2, -0.15) is 0 Å². The quantitative estimate of drug-likeness (QED) is 0.150. The fraction of sp³-hybridized carbons (Fsp3) is 0. The highest BCUT2D eigenvalue weighted by atomic mass is 127. The minimum absolute atomic E-state index is 1.35. The maximum atomic E-state index is 2.47. The highest BCUT2D eigenvalue weighted by Gasteiger charge is 2.13. The molecule has 0 aliphatic rings. The second kappa shape index (κ2) is 4.29. The molecule has 0 radical (unpaired) electrons. The lowest BCUT2D eigenvalue weighted by Crippen LogP contribution is -1.86. The molecule has 0 unspecified atom stereocenters. The van der Waals surface area contributed by atoms with Gasteiger partial charge < -0.3 is 0 Å². The van der Waals surface area contributed by atoms with Gasteiger partial charge in [0.05, 0.1) is 2.88 Å². The van der Waals surface area contributed by atoms with Gasteiger partial charge in [-0.25, -0.2) is 0 Å². The van der Waals surface area contributed by atoms with Crippen molar-refractivity contribution in [3.63, 3.8) is 0 Å². The average molecular weight is 492 g/mol. The summed E-state index contributed by atoms with van der Waals surface area (Å²) in [6, 6.07) is 13.4. The van der Waals surface area contributed by atoms with Crippen molar-refractivity contribution in [3.05, 3.63) is 42.9 Å². The van der Waals surface area contributed by atoms with Gasteiger partial charge in [-0.05, 0) is 73.5 Å². The first-order chi connectivity index (χ1) is 8.75. The van der Waals surface area contributed by atoms with E-state index in [0.29, 0.717) is 0 Å². The van der Waals surface area contributed by atoms with Gasteiger partial charge in [0.25, 0.3) is 0 Å². The van der Waals surface area contributed by atoms with Crippen molar-refractivity contribution in [2.24, 2.45) is 0 Å². The van der Waals surface area contributed by atoms with Crippen LogP contribution in [0.2, 0.25) is 0 Å².